The minimum atomic E-state index is 0.231. The van der Waals surface area contributed by atoms with Gasteiger partial charge in [-0.15, -0.1) is 0 Å². The summed E-state index contributed by atoms with van der Waals surface area (Å²) in [5.41, 5.74) is 6.08. The maximum Gasteiger partial charge on any atom is 0.236 e. The van der Waals surface area contributed by atoms with Crippen LogP contribution in [0.4, 0.5) is 0 Å². The van der Waals surface area contributed by atoms with E-state index in [0.717, 1.165) is 42.7 Å². The van der Waals surface area contributed by atoms with Gasteiger partial charge in [-0.1, -0.05) is 19.9 Å². The summed E-state index contributed by atoms with van der Waals surface area (Å²) >= 11 is 0. The molecule has 0 unspecified atom stereocenters. The van der Waals surface area contributed by atoms with Crippen LogP contribution in [0.15, 0.2) is 36.5 Å². The van der Waals surface area contributed by atoms with E-state index in [2.05, 4.69) is 42.0 Å². The molecule has 6 nitrogen and oxygen atoms in total. The van der Waals surface area contributed by atoms with Crippen LogP contribution in [0.25, 0.3) is 22.2 Å². The molecular weight excluding hydrogens is 400 g/mol. The molecule has 4 rings (SSSR count). The molecule has 32 heavy (non-hydrogen) atoms. The molecule has 1 amide bonds. The van der Waals surface area contributed by atoms with Gasteiger partial charge in [-0.3, -0.25) is 4.79 Å². The van der Waals surface area contributed by atoms with Gasteiger partial charge in [0.2, 0.25) is 11.8 Å². The van der Waals surface area contributed by atoms with E-state index in [-0.39, 0.29) is 5.91 Å². The number of carbonyl (C=O) groups excluding carboxylic acids is 1. The predicted octanol–water partition coefficient (Wildman–Crippen LogP) is 4.63. The summed E-state index contributed by atoms with van der Waals surface area (Å²) < 4.78 is 5.34. The smallest absolute Gasteiger partial charge is 0.236 e. The van der Waals surface area contributed by atoms with Gasteiger partial charge in [0.1, 0.15) is 0 Å². The molecule has 0 atom stereocenters. The Hall–Kier alpha value is -2.86. The number of nitrogens with one attached hydrogen (secondary N) is 1. The van der Waals surface area contributed by atoms with Gasteiger partial charge in [0.05, 0.1) is 19.3 Å². The maximum absolute atomic E-state index is 12.4. The second kappa shape index (κ2) is 9.33. The zero-order chi connectivity index (χ0) is 22.8. The number of pyridine rings is 1. The average molecular weight is 435 g/mol. The number of carbonyl (C=O) groups is 1. The van der Waals surface area contributed by atoms with E-state index in [9.17, 15) is 4.79 Å². The number of rotatable bonds is 6. The predicted molar refractivity (Wildman–Crippen MR) is 129 cm³/mol. The van der Waals surface area contributed by atoms with Crippen molar-refractivity contribution in [2.45, 2.75) is 38.5 Å². The average Bonchev–Trinajstić information content (AvgIpc) is 3.18. The lowest BCUT2D eigenvalue weighted by atomic mass is 9.87. The number of likely N-dealkylation sites (tertiary alicyclic amines) is 1. The van der Waals surface area contributed by atoms with Gasteiger partial charge in [-0.2, -0.15) is 0 Å². The van der Waals surface area contributed by atoms with Gasteiger partial charge >= 0.3 is 0 Å². The number of hydrogen-bond acceptors (Lipinski definition) is 4. The number of amides is 1. The first-order chi connectivity index (χ1) is 15.4. The van der Waals surface area contributed by atoms with Crippen molar-refractivity contribution in [3.8, 4) is 17.1 Å². The summed E-state index contributed by atoms with van der Waals surface area (Å²) in [5, 5.41) is 1.29. The van der Waals surface area contributed by atoms with Crippen molar-refractivity contribution in [1.82, 2.24) is 19.8 Å². The Bertz CT molecular complexity index is 1090. The van der Waals surface area contributed by atoms with Crippen LogP contribution >= 0.6 is 0 Å². The number of likely N-dealkylation sites (N-methyl/N-ethyl adjacent to an activating group) is 1. The number of H-pyrrole nitrogens is 1. The maximum atomic E-state index is 12.4. The lowest BCUT2D eigenvalue weighted by Crippen LogP contribution is -2.42. The molecule has 170 valence electrons. The number of fused-ring (bicyclic) bond motifs is 1. The van der Waals surface area contributed by atoms with Crippen molar-refractivity contribution in [2.75, 3.05) is 40.8 Å². The van der Waals surface area contributed by atoms with Crippen LogP contribution in [-0.4, -0.2) is 66.5 Å². The molecule has 3 aromatic rings. The molecule has 0 aliphatic carbocycles. The molecule has 1 aliphatic rings. The summed E-state index contributed by atoms with van der Waals surface area (Å²) in [6, 6.07) is 10.8. The monoisotopic (exact) mass is 434 g/mol. The second-order valence-electron chi connectivity index (χ2n) is 9.35. The number of methoxy groups -OCH3 is 1. The van der Waals surface area contributed by atoms with E-state index < -0.39 is 0 Å². The number of nitrogens with zero attached hydrogens (tertiary/aromatic N) is 3. The molecule has 1 saturated heterocycles. The van der Waals surface area contributed by atoms with Crippen molar-refractivity contribution < 1.29 is 9.53 Å². The SMILES string of the molecule is COc1cc(-c2[nH]c3ccc(C4CCN(C(=O)CN(C)C)CC4)cc3c2C(C)C)ccn1. The second-order valence-corrected chi connectivity index (χ2v) is 9.35. The van der Waals surface area contributed by atoms with Gasteiger partial charge in [0, 0.05) is 41.8 Å². The molecule has 6 heteroatoms. The van der Waals surface area contributed by atoms with Gasteiger partial charge in [-0.25, -0.2) is 4.98 Å². The number of benzene rings is 1. The van der Waals surface area contributed by atoms with E-state index in [4.69, 9.17) is 4.74 Å². The van der Waals surface area contributed by atoms with E-state index >= 15 is 0 Å². The molecule has 0 spiro atoms. The van der Waals surface area contributed by atoms with Crippen molar-refractivity contribution >= 4 is 16.8 Å². The summed E-state index contributed by atoms with van der Waals surface area (Å²) in [7, 11) is 5.53. The third-order valence-corrected chi connectivity index (χ3v) is 6.44. The molecule has 1 aromatic carbocycles. The van der Waals surface area contributed by atoms with Crippen molar-refractivity contribution in [3.63, 3.8) is 0 Å². The standard InChI is InChI=1S/C26H34N4O2/c1-17(2)25-21-14-19(18-9-12-30(13-10-18)24(31)16-29(3)4)6-7-22(21)28-26(25)20-8-11-27-23(15-20)32-5/h6-8,11,14-15,17-18,28H,9-10,12-13,16H2,1-5H3. The first kappa shape index (κ1) is 22.3. The van der Waals surface area contributed by atoms with Crippen molar-refractivity contribution in [1.29, 1.82) is 0 Å². The highest BCUT2D eigenvalue weighted by molar-refractivity contribution is 5.92. The highest BCUT2D eigenvalue weighted by atomic mass is 16.5. The molecule has 2 aromatic heterocycles. The van der Waals surface area contributed by atoms with Crippen molar-refractivity contribution in [3.05, 3.63) is 47.7 Å². The zero-order valence-electron chi connectivity index (χ0n) is 19.8. The van der Waals surface area contributed by atoms with Crippen LogP contribution < -0.4 is 4.74 Å². The normalized spacial score (nSPS) is 15.2. The summed E-state index contributed by atoms with van der Waals surface area (Å²) in [6.45, 7) is 6.64. The number of ether oxygens (including phenoxy) is 1. The van der Waals surface area contributed by atoms with Gasteiger partial charge in [0.25, 0.3) is 0 Å². The number of aromatic amines is 1. The van der Waals surface area contributed by atoms with Gasteiger partial charge in [0.15, 0.2) is 0 Å². The Labute approximate surface area is 190 Å². The molecule has 3 heterocycles. The van der Waals surface area contributed by atoms with Crippen LogP contribution in [0.2, 0.25) is 0 Å². The summed E-state index contributed by atoms with van der Waals surface area (Å²) in [5.74, 6) is 1.71. The lowest BCUT2D eigenvalue weighted by molar-refractivity contribution is -0.132. The van der Waals surface area contributed by atoms with Crippen LogP contribution in [0.1, 0.15) is 49.7 Å². The van der Waals surface area contributed by atoms with Gasteiger partial charge < -0.3 is 19.5 Å². The minimum absolute atomic E-state index is 0.231. The lowest BCUT2D eigenvalue weighted by Gasteiger charge is -2.33. The Morgan fingerprint density at radius 3 is 2.62 bits per heavy atom. The highest BCUT2D eigenvalue weighted by Gasteiger charge is 2.25. The Morgan fingerprint density at radius 2 is 1.97 bits per heavy atom. The van der Waals surface area contributed by atoms with E-state index in [0.29, 0.717) is 24.3 Å². The minimum Gasteiger partial charge on any atom is -0.481 e. The summed E-state index contributed by atoms with van der Waals surface area (Å²) in [6.07, 6.45) is 3.82. The molecule has 0 saturated carbocycles. The molecular formula is C26H34N4O2. The fourth-order valence-corrected chi connectivity index (χ4v) is 4.82. The Morgan fingerprint density at radius 1 is 1.22 bits per heavy atom. The first-order valence-electron chi connectivity index (χ1n) is 11.5. The number of piperidine rings is 1. The van der Waals surface area contributed by atoms with E-state index in [1.807, 2.05) is 36.0 Å². The number of hydrogen-bond donors (Lipinski definition) is 1. The third kappa shape index (κ3) is 4.51. The van der Waals surface area contributed by atoms with Crippen molar-refractivity contribution in [2.24, 2.45) is 0 Å². The molecule has 1 fully saturated rings. The van der Waals surface area contributed by atoms with Crippen LogP contribution in [0, 0.1) is 0 Å². The third-order valence-electron chi connectivity index (χ3n) is 6.44. The molecule has 1 N–H and O–H groups in total. The first-order valence-corrected chi connectivity index (χ1v) is 11.5. The van der Waals surface area contributed by atoms with Crippen LogP contribution in [0.3, 0.4) is 0 Å². The highest BCUT2D eigenvalue weighted by Crippen LogP contribution is 2.38. The van der Waals surface area contributed by atoms with Gasteiger partial charge in [-0.05, 0) is 68.1 Å². The fraction of sp³-hybridized carbons (Fsp3) is 0.462. The summed E-state index contributed by atoms with van der Waals surface area (Å²) in [4.78, 5) is 24.2. The number of aromatic nitrogens is 2. The molecule has 0 radical (unpaired) electrons. The largest absolute Gasteiger partial charge is 0.481 e. The topological polar surface area (TPSA) is 61.5 Å². The quantitative estimate of drug-likeness (QED) is 0.614. The molecule has 0 bridgehead atoms. The Kier molecular flexibility index (Phi) is 6.51. The fourth-order valence-electron chi connectivity index (χ4n) is 4.82. The van der Waals surface area contributed by atoms with Crippen LogP contribution in [-0.2, 0) is 4.79 Å². The van der Waals surface area contributed by atoms with E-state index in [1.54, 1.807) is 13.3 Å². The van der Waals surface area contributed by atoms with Crippen LogP contribution in [0.5, 0.6) is 5.88 Å². The van der Waals surface area contributed by atoms with E-state index in [1.165, 1.54) is 16.5 Å². The zero-order valence-corrected chi connectivity index (χ0v) is 19.8. The Balaban J connectivity index is 1.62. The molecule has 1 aliphatic heterocycles.